The summed E-state index contributed by atoms with van der Waals surface area (Å²) in [6.07, 6.45) is 2.66. The van der Waals surface area contributed by atoms with Gasteiger partial charge in [-0.25, -0.2) is 9.97 Å². The molecule has 0 saturated heterocycles. The molecule has 3 N–H and O–H groups in total. The molecule has 42 heavy (non-hydrogen) atoms. The standard InChI is InChI=1S/C36H45N5O/c1-11-22-18(5)32-25(16-42)34-24(13-3)17(4)26(37-34)14-29-23(12-2)19(6)33(40-29)31-35-30(21(8)36(31)41(9)10)20(7)27(38-35)15-28(22)39-32/h14-15,21,36,39-40,42H,11-13,16H2,1-10H3/t21-,36-/m0/s1. The maximum Gasteiger partial charge on any atom is 0.0748 e. The molecule has 5 heterocycles. The fourth-order valence-corrected chi connectivity index (χ4v) is 8.02. The first kappa shape index (κ1) is 28.6. The van der Waals surface area contributed by atoms with E-state index >= 15 is 0 Å². The van der Waals surface area contributed by atoms with Crippen molar-refractivity contribution in [2.45, 2.75) is 87.3 Å². The van der Waals surface area contributed by atoms with Crippen LogP contribution in [0.5, 0.6) is 0 Å². The number of hydrogen-bond donors (Lipinski definition) is 3. The van der Waals surface area contributed by atoms with Gasteiger partial charge in [0.25, 0.3) is 0 Å². The zero-order valence-electron chi connectivity index (χ0n) is 26.9. The van der Waals surface area contributed by atoms with Gasteiger partial charge in [-0.1, -0.05) is 27.7 Å². The van der Waals surface area contributed by atoms with Crippen molar-refractivity contribution in [3.8, 4) is 0 Å². The third kappa shape index (κ3) is 3.91. The van der Waals surface area contributed by atoms with Crippen LogP contribution in [0.25, 0.3) is 44.4 Å². The molecule has 2 aliphatic heterocycles. The third-order valence-electron chi connectivity index (χ3n) is 10.1. The number of aromatic amines is 2. The molecule has 3 aromatic heterocycles. The van der Waals surface area contributed by atoms with Gasteiger partial charge in [-0.2, -0.15) is 0 Å². The average molecular weight is 564 g/mol. The minimum atomic E-state index is -0.0808. The summed E-state index contributed by atoms with van der Waals surface area (Å²) in [5.41, 5.74) is 20.5. The SMILES string of the molecule is CCC1=C(C)c2cc3[nH]c(c(C)c3CC)c3c4nc(cc5[nH]c(c(C)c5CC)c(CO)c1n2)C(C)=C4[C@H](C)[C@@H]3N(C)C. The van der Waals surface area contributed by atoms with Gasteiger partial charge in [-0.3, -0.25) is 0 Å². The molecule has 3 aliphatic rings. The molecular formula is C36H45N5O. The van der Waals surface area contributed by atoms with E-state index in [-0.39, 0.29) is 12.6 Å². The van der Waals surface area contributed by atoms with Crippen LogP contribution in [0.2, 0.25) is 0 Å². The molecule has 0 radical (unpaired) electrons. The predicted octanol–water partition coefficient (Wildman–Crippen LogP) is 8.07. The van der Waals surface area contributed by atoms with E-state index in [9.17, 15) is 5.11 Å². The minimum Gasteiger partial charge on any atom is -0.392 e. The molecule has 1 aliphatic carbocycles. The van der Waals surface area contributed by atoms with Crippen molar-refractivity contribution < 1.29 is 5.11 Å². The Kier molecular flexibility index (Phi) is 7.06. The summed E-state index contributed by atoms with van der Waals surface area (Å²) in [6, 6.07) is 4.69. The maximum absolute atomic E-state index is 10.8. The highest BCUT2D eigenvalue weighted by Crippen LogP contribution is 2.52. The lowest BCUT2D eigenvalue weighted by Crippen LogP contribution is -2.23. The van der Waals surface area contributed by atoms with E-state index in [1.165, 1.54) is 55.6 Å². The molecule has 0 amide bonds. The molecule has 2 atom stereocenters. The summed E-state index contributed by atoms with van der Waals surface area (Å²) >= 11 is 0. The van der Waals surface area contributed by atoms with Crippen LogP contribution in [0.15, 0.2) is 12.1 Å². The number of fused-ring (bicyclic) bond motifs is 8. The Balaban J connectivity index is 1.90. The largest absolute Gasteiger partial charge is 0.392 e. The lowest BCUT2D eigenvalue weighted by molar-refractivity contribution is 0.267. The maximum atomic E-state index is 10.8. The summed E-state index contributed by atoms with van der Waals surface area (Å²) in [5.74, 6) is 0.313. The molecule has 3 aromatic rings. The summed E-state index contributed by atoms with van der Waals surface area (Å²) in [5, 5.41) is 10.8. The van der Waals surface area contributed by atoms with Crippen molar-refractivity contribution in [2.24, 2.45) is 5.92 Å². The van der Waals surface area contributed by atoms with Crippen molar-refractivity contribution >= 4 is 44.4 Å². The van der Waals surface area contributed by atoms with Crippen LogP contribution in [0.1, 0.15) is 110 Å². The molecule has 0 unspecified atom stereocenters. The Bertz CT molecular complexity index is 1860. The highest BCUT2D eigenvalue weighted by atomic mass is 16.3. The quantitative estimate of drug-likeness (QED) is 0.293. The number of aryl methyl sites for hydroxylation is 4. The van der Waals surface area contributed by atoms with Crippen molar-refractivity contribution in [2.75, 3.05) is 14.1 Å². The van der Waals surface area contributed by atoms with Gasteiger partial charge < -0.3 is 20.0 Å². The smallest absolute Gasteiger partial charge is 0.0748 e. The molecular weight excluding hydrogens is 518 g/mol. The number of nitrogens with zero attached hydrogens (tertiary/aromatic N) is 3. The second kappa shape index (κ2) is 10.4. The lowest BCUT2D eigenvalue weighted by atomic mass is 9.94. The highest BCUT2D eigenvalue weighted by molar-refractivity contribution is 5.99. The molecule has 0 spiro atoms. The van der Waals surface area contributed by atoms with Crippen molar-refractivity contribution in [3.63, 3.8) is 0 Å². The Labute approximate surface area is 249 Å². The second-order valence-corrected chi connectivity index (χ2v) is 12.5. The number of aromatic nitrogens is 4. The van der Waals surface area contributed by atoms with E-state index in [0.717, 1.165) is 64.2 Å². The fraction of sp³-hybridized carbons (Fsp3) is 0.444. The van der Waals surface area contributed by atoms with Crippen LogP contribution in [-0.4, -0.2) is 44.0 Å². The Hall–Kier alpha value is -3.48. The van der Waals surface area contributed by atoms with Crippen LogP contribution in [0.3, 0.4) is 0 Å². The Morgan fingerprint density at radius 1 is 0.762 bits per heavy atom. The number of aliphatic hydroxyl groups is 1. The number of allylic oxidation sites excluding steroid dienone is 3. The van der Waals surface area contributed by atoms with E-state index in [0.29, 0.717) is 5.92 Å². The van der Waals surface area contributed by atoms with Crippen molar-refractivity contribution in [1.29, 1.82) is 0 Å². The number of H-pyrrole nitrogens is 2. The normalized spacial score (nSPS) is 18.3. The van der Waals surface area contributed by atoms with Gasteiger partial charge in [0.05, 0.1) is 29.4 Å². The summed E-state index contributed by atoms with van der Waals surface area (Å²) < 4.78 is 0. The summed E-state index contributed by atoms with van der Waals surface area (Å²) in [7, 11) is 4.37. The first-order valence-corrected chi connectivity index (χ1v) is 15.5. The van der Waals surface area contributed by atoms with E-state index in [2.05, 4.69) is 96.5 Å². The number of rotatable bonds is 5. The summed E-state index contributed by atoms with van der Waals surface area (Å²) in [4.78, 5) is 20.6. The first-order valence-electron chi connectivity index (χ1n) is 15.5. The molecule has 0 fully saturated rings. The topological polar surface area (TPSA) is 80.8 Å². The van der Waals surface area contributed by atoms with Crippen LogP contribution in [-0.2, 0) is 19.4 Å². The molecule has 6 heteroatoms. The number of nitrogens with one attached hydrogen (secondary N) is 2. The zero-order valence-corrected chi connectivity index (χ0v) is 26.9. The minimum absolute atomic E-state index is 0.0808. The average Bonchev–Trinajstić information content (AvgIpc) is 3.70. The molecule has 8 bridgehead atoms. The lowest BCUT2D eigenvalue weighted by Gasteiger charge is -2.25. The van der Waals surface area contributed by atoms with Crippen LogP contribution >= 0.6 is 0 Å². The van der Waals surface area contributed by atoms with Gasteiger partial charge in [0.2, 0.25) is 0 Å². The second-order valence-electron chi connectivity index (χ2n) is 12.5. The molecule has 220 valence electrons. The van der Waals surface area contributed by atoms with E-state index in [4.69, 9.17) is 9.97 Å². The molecule has 0 saturated carbocycles. The number of aliphatic hydroxyl groups excluding tert-OH is 1. The predicted molar refractivity (Wildman–Crippen MR) is 176 cm³/mol. The molecule has 6 rings (SSSR count). The van der Waals surface area contributed by atoms with Crippen LogP contribution in [0.4, 0.5) is 0 Å². The van der Waals surface area contributed by atoms with Crippen LogP contribution in [0, 0.1) is 19.8 Å². The number of hydrogen-bond acceptors (Lipinski definition) is 4. The molecule has 0 aromatic carbocycles. The highest BCUT2D eigenvalue weighted by Gasteiger charge is 2.41. The Morgan fingerprint density at radius 3 is 1.86 bits per heavy atom. The van der Waals surface area contributed by atoms with E-state index in [1.807, 2.05) is 0 Å². The monoisotopic (exact) mass is 563 g/mol. The van der Waals surface area contributed by atoms with Gasteiger partial charge in [0.1, 0.15) is 0 Å². The summed E-state index contributed by atoms with van der Waals surface area (Å²) in [6.45, 7) is 17.7. The Morgan fingerprint density at radius 2 is 1.31 bits per heavy atom. The van der Waals surface area contributed by atoms with E-state index < -0.39 is 0 Å². The fourth-order valence-electron chi connectivity index (χ4n) is 8.02. The van der Waals surface area contributed by atoms with Gasteiger partial charge in [-0.05, 0) is 118 Å². The van der Waals surface area contributed by atoms with Gasteiger partial charge >= 0.3 is 0 Å². The van der Waals surface area contributed by atoms with Gasteiger partial charge in [0.15, 0.2) is 0 Å². The van der Waals surface area contributed by atoms with Crippen molar-refractivity contribution in [3.05, 3.63) is 68.3 Å². The third-order valence-corrected chi connectivity index (χ3v) is 10.1. The van der Waals surface area contributed by atoms with Gasteiger partial charge in [-0.15, -0.1) is 0 Å². The molecule has 6 nitrogen and oxygen atoms in total. The van der Waals surface area contributed by atoms with Crippen molar-refractivity contribution in [1.82, 2.24) is 24.8 Å². The van der Waals surface area contributed by atoms with E-state index in [1.54, 1.807) is 0 Å². The first-order chi connectivity index (χ1) is 20.1. The van der Waals surface area contributed by atoms with Crippen LogP contribution < -0.4 is 0 Å². The van der Waals surface area contributed by atoms with Gasteiger partial charge in [0, 0.05) is 45.2 Å². The zero-order chi connectivity index (χ0) is 30.2.